The van der Waals surface area contributed by atoms with Crippen molar-refractivity contribution in [3.63, 3.8) is 0 Å². The number of hydrogen-bond donors (Lipinski definition) is 0. The molecular formula is C10H15FO2. The Bertz CT molecular complexity index is 221. The number of carbonyl (C=O) groups is 1. The molecule has 0 heterocycles. The van der Waals surface area contributed by atoms with Crippen LogP contribution in [0.5, 0.6) is 0 Å². The molecule has 0 aliphatic heterocycles. The van der Waals surface area contributed by atoms with Crippen molar-refractivity contribution in [3.05, 3.63) is 11.9 Å². The second-order valence-corrected chi connectivity index (χ2v) is 3.64. The van der Waals surface area contributed by atoms with Crippen LogP contribution in [0.2, 0.25) is 0 Å². The Labute approximate surface area is 77.8 Å². The molecule has 13 heavy (non-hydrogen) atoms. The number of halogens is 1. The van der Waals surface area contributed by atoms with Crippen molar-refractivity contribution in [1.82, 2.24) is 0 Å². The van der Waals surface area contributed by atoms with Gasteiger partial charge in [0.1, 0.15) is 6.10 Å². The van der Waals surface area contributed by atoms with Gasteiger partial charge >= 0.3 is 5.97 Å². The first-order chi connectivity index (χ1) is 6.09. The summed E-state index contributed by atoms with van der Waals surface area (Å²) in [4.78, 5) is 11.2. The Balaban J connectivity index is 2.35. The number of ether oxygens (including phenoxy) is 1. The Morgan fingerprint density at radius 1 is 1.69 bits per heavy atom. The van der Waals surface area contributed by atoms with E-state index >= 15 is 0 Å². The van der Waals surface area contributed by atoms with E-state index in [1.54, 1.807) is 13.8 Å². The van der Waals surface area contributed by atoms with Crippen LogP contribution in [0.1, 0.15) is 33.1 Å². The van der Waals surface area contributed by atoms with E-state index in [-0.39, 0.29) is 23.8 Å². The zero-order chi connectivity index (χ0) is 9.84. The molecule has 2 nitrogen and oxygen atoms in total. The summed E-state index contributed by atoms with van der Waals surface area (Å²) >= 11 is 0. The highest BCUT2D eigenvalue weighted by molar-refractivity contribution is 5.71. The molecule has 0 aromatic carbocycles. The van der Waals surface area contributed by atoms with E-state index in [0.717, 1.165) is 0 Å². The highest BCUT2D eigenvalue weighted by Gasteiger charge is 2.19. The SMILES string of the molecule is CC(C)C(=O)O[C@@H]1CC=C(F)CC1. The van der Waals surface area contributed by atoms with Gasteiger partial charge in [-0.05, 0) is 12.5 Å². The van der Waals surface area contributed by atoms with E-state index in [0.29, 0.717) is 19.3 Å². The highest BCUT2D eigenvalue weighted by Crippen LogP contribution is 2.21. The summed E-state index contributed by atoms with van der Waals surface area (Å²) in [7, 11) is 0. The summed E-state index contributed by atoms with van der Waals surface area (Å²) in [5.74, 6) is -0.381. The lowest BCUT2D eigenvalue weighted by Gasteiger charge is -2.20. The molecule has 0 radical (unpaired) electrons. The third kappa shape index (κ3) is 3.17. The van der Waals surface area contributed by atoms with Gasteiger partial charge in [-0.15, -0.1) is 0 Å². The molecule has 1 aliphatic carbocycles. The van der Waals surface area contributed by atoms with E-state index in [4.69, 9.17) is 4.74 Å². The molecule has 0 aromatic heterocycles. The lowest BCUT2D eigenvalue weighted by molar-refractivity contribution is -0.153. The van der Waals surface area contributed by atoms with Crippen molar-refractivity contribution < 1.29 is 13.9 Å². The van der Waals surface area contributed by atoms with Crippen LogP contribution >= 0.6 is 0 Å². The first-order valence-corrected chi connectivity index (χ1v) is 4.64. The van der Waals surface area contributed by atoms with Crippen LogP contribution in [0.4, 0.5) is 4.39 Å². The number of carbonyl (C=O) groups excluding carboxylic acids is 1. The molecule has 0 aromatic rings. The van der Waals surface area contributed by atoms with Crippen molar-refractivity contribution in [3.8, 4) is 0 Å². The smallest absolute Gasteiger partial charge is 0.308 e. The zero-order valence-electron chi connectivity index (χ0n) is 8.05. The fourth-order valence-electron chi connectivity index (χ4n) is 1.19. The van der Waals surface area contributed by atoms with E-state index in [2.05, 4.69) is 0 Å². The molecule has 0 saturated heterocycles. The molecule has 0 amide bonds. The van der Waals surface area contributed by atoms with Crippen LogP contribution in [0.15, 0.2) is 11.9 Å². The van der Waals surface area contributed by atoms with Crippen LogP contribution < -0.4 is 0 Å². The van der Waals surface area contributed by atoms with E-state index < -0.39 is 0 Å². The minimum atomic E-state index is -0.194. The van der Waals surface area contributed by atoms with Gasteiger partial charge in [0.15, 0.2) is 0 Å². The van der Waals surface area contributed by atoms with Crippen molar-refractivity contribution in [2.75, 3.05) is 0 Å². The van der Waals surface area contributed by atoms with E-state index in [1.807, 2.05) is 0 Å². The van der Waals surface area contributed by atoms with Gasteiger partial charge < -0.3 is 4.74 Å². The first kappa shape index (κ1) is 10.2. The average molecular weight is 186 g/mol. The normalized spacial score (nSPS) is 22.8. The van der Waals surface area contributed by atoms with Crippen molar-refractivity contribution in [2.45, 2.75) is 39.2 Å². The predicted molar refractivity (Wildman–Crippen MR) is 47.8 cm³/mol. The molecule has 0 unspecified atom stereocenters. The molecule has 0 saturated carbocycles. The summed E-state index contributed by atoms with van der Waals surface area (Å²) in [6, 6.07) is 0. The summed E-state index contributed by atoms with van der Waals surface area (Å²) in [6.45, 7) is 3.59. The molecular weight excluding hydrogens is 171 g/mol. The maximum absolute atomic E-state index is 12.6. The topological polar surface area (TPSA) is 26.3 Å². The molecule has 1 aliphatic rings. The van der Waals surface area contributed by atoms with Gasteiger partial charge in [-0.25, -0.2) is 4.39 Å². The predicted octanol–water partition coefficient (Wildman–Crippen LogP) is 2.59. The number of allylic oxidation sites excluding steroid dienone is 1. The Hall–Kier alpha value is -0.860. The fourth-order valence-corrected chi connectivity index (χ4v) is 1.19. The van der Waals surface area contributed by atoms with Crippen LogP contribution in [0.25, 0.3) is 0 Å². The third-order valence-electron chi connectivity index (χ3n) is 2.06. The number of hydrogen-bond acceptors (Lipinski definition) is 2. The fraction of sp³-hybridized carbons (Fsp3) is 0.700. The lowest BCUT2D eigenvalue weighted by Crippen LogP contribution is -2.22. The highest BCUT2D eigenvalue weighted by atomic mass is 19.1. The maximum Gasteiger partial charge on any atom is 0.308 e. The molecule has 74 valence electrons. The van der Waals surface area contributed by atoms with Gasteiger partial charge in [-0.1, -0.05) is 13.8 Å². The Kier molecular flexibility index (Phi) is 3.46. The van der Waals surface area contributed by atoms with Gasteiger partial charge in [0, 0.05) is 12.8 Å². The van der Waals surface area contributed by atoms with Crippen molar-refractivity contribution in [1.29, 1.82) is 0 Å². The third-order valence-corrected chi connectivity index (χ3v) is 2.06. The number of esters is 1. The average Bonchev–Trinajstić information content (AvgIpc) is 2.08. The summed E-state index contributed by atoms with van der Waals surface area (Å²) in [5.41, 5.74) is 0. The van der Waals surface area contributed by atoms with Gasteiger partial charge in [-0.3, -0.25) is 4.79 Å². The summed E-state index contributed by atoms with van der Waals surface area (Å²) in [6.07, 6.45) is 2.91. The van der Waals surface area contributed by atoms with Gasteiger partial charge in [0.2, 0.25) is 0 Å². The van der Waals surface area contributed by atoms with E-state index in [1.165, 1.54) is 6.08 Å². The van der Waals surface area contributed by atoms with Gasteiger partial charge in [-0.2, -0.15) is 0 Å². The first-order valence-electron chi connectivity index (χ1n) is 4.64. The van der Waals surface area contributed by atoms with Gasteiger partial charge in [0.05, 0.1) is 11.7 Å². The molecule has 0 spiro atoms. The van der Waals surface area contributed by atoms with Crippen LogP contribution in [0.3, 0.4) is 0 Å². The van der Waals surface area contributed by atoms with Crippen LogP contribution in [-0.2, 0) is 9.53 Å². The van der Waals surface area contributed by atoms with Crippen molar-refractivity contribution >= 4 is 5.97 Å². The molecule has 0 N–H and O–H groups in total. The second-order valence-electron chi connectivity index (χ2n) is 3.64. The number of rotatable bonds is 2. The van der Waals surface area contributed by atoms with E-state index in [9.17, 15) is 9.18 Å². The zero-order valence-corrected chi connectivity index (χ0v) is 8.05. The Morgan fingerprint density at radius 3 is 2.85 bits per heavy atom. The molecule has 0 bridgehead atoms. The van der Waals surface area contributed by atoms with Gasteiger partial charge in [0.25, 0.3) is 0 Å². The monoisotopic (exact) mass is 186 g/mol. The minimum absolute atomic E-state index is 0.0863. The molecule has 1 rings (SSSR count). The standard InChI is InChI=1S/C10H15FO2/c1-7(2)10(12)13-9-5-3-8(11)4-6-9/h3,7,9H,4-6H2,1-2H3/t9-/m1/s1. The quantitative estimate of drug-likeness (QED) is 0.619. The summed E-state index contributed by atoms with van der Waals surface area (Å²) in [5, 5.41) is 0. The lowest BCUT2D eigenvalue weighted by atomic mass is 10.0. The molecule has 3 heteroatoms. The maximum atomic E-state index is 12.6. The largest absolute Gasteiger partial charge is 0.462 e. The molecule has 1 atom stereocenters. The van der Waals surface area contributed by atoms with Crippen molar-refractivity contribution in [2.24, 2.45) is 5.92 Å². The summed E-state index contributed by atoms with van der Waals surface area (Å²) < 4.78 is 17.7. The molecule has 0 fully saturated rings. The van der Waals surface area contributed by atoms with Crippen LogP contribution in [0, 0.1) is 5.92 Å². The van der Waals surface area contributed by atoms with Crippen LogP contribution in [-0.4, -0.2) is 12.1 Å². The second kappa shape index (κ2) is 4.40. The Morgan fingerprint density at radius 2 is 2.38 bits per heavy atom. The minimum Gasteiger partial charge on any atom is -0.462 e.